The van der Waals surface area contributed by atoms with Gasteiger partial charge in [0.2, 0.25) is 0 Å². The summed E-state index contributed by atoms with van der Waals surface area (Å²) in [6, 6.07) is 11.6. The first-order valence-corrected chi connectivity index (χ1v) is 8.13. The molecule has 0 bridgehead atoms. The van der Waals surface area contributed by atoms with Gasteiger partial charge in [0.15, 0.2) is 0 Å². The first-order valence-electron chi connectivity index (χ1n) is 8.13. The second-order valence-electron chi connectivity index (χ2n) is 5.68. The quantitative estimate of drug-likeness (QED) is 0.553. The molecule has 0 spiro atoms. The van der Waals surface area contributed by atoms with Crippen LogP contribution in [-0.2, 0) is 16.1 Å². The van der Waals surface area contributed by atoms with E-state index in [0.29, 0.717) is 19.6 Å². The zero-order chi connectivity index (χ0) is 17.2. The third-order valence-electron chi connectivity index (χ3n) is 3.81. The summed E-state index contributed by atoms with van der Waals surface area (Å²) in [6.45, 7) is 1.95. The maximum Gasteiger partial charge on any atom is 0.263 e. The molecule has 6 heteroatoms. The number of hydrogen-bond donors (Lipinski definition) is 2. The Morgan fingerprint density at radius 2 is 2.25 bits per heavy atom. The van der Waals surface area contributed by atoms with E-state index in [-0.39, 0.29) is 18.3 Å². The van der Waals surface area contributed by atoms with Gasteiger partial charge in [-0.1, -0.05) is 30.3 Å². The van der Waals surface area contributed by atoms with Crippen LogP contribution in [0.25, 0.3) is 0 Å². The molecule has 24 heavy (non-hydrogen) atoms. The molecule has 0 aliphatic carbocycles. The van der Waals surface area contributed by atoms with Crippen molar-refractivity contribution in [3.05, 3.63) is 47.7 Å². The average molecular weight is 329 g/mol. The first kappa shape index (κ1) is 18.0. The molecule has 1 aliphatic heterocycles. The van der Waals surface area contributed by atoms with Gasteiger partial charge in [0.1, 0.15) is 11.6 Å². The van der Waals surface area contributed by atoms with E-state index in [9.17, 15) is 15.2 Å². The molecule has 0 saturated carbocycles. The summed E-state index contributed by atoms with van der Waals surface area (Å²) >= 11 is 0. The Balaban J connectivity index is 1.98. The standard InChI is InChI=1S/C18H23N3O3/c19-11-16(18(23)20-12-17-7-4-10-24-17)14-21(8-9-22)13-15-5-2-1-3-6-15/h1-3,5-6,14,17,22H,4,7-10,12-13H2,(H,20,23)/b16-14-. The van der Waals surface area contributed by atoms with Gasteiger partial charge in [-0.15, -0.1) is 0 Å². The van der Waals surface area contributed by atoms with Gasteiger partial charge >= 0.3 is 0 Å². The van der Waals surface area contributed by atoms with E-state index in [2.05, 4.69) is 5.32 Å². The number of rotatable bonds is 8. The van der Waals surface area contributed by atoms with Crippen molar-refractivity contribution in [3.63, 3.8) is 0 Å². The van der Waals surface area contributed by atoms with Gasteiger partial charge < -0.3 is 20.1 Å². The molecular weight excluding hydrogens is 306 g/mol. The SMILES string of the molecule is N#C/C(=C/N(CCO)Cc1ccccc1)C(=O)NCC1CCCO1. The smallest absolute Gasteiger partial charge is 0.263 e. The highest BCUT2D eigenvalue weighted by Gasteiger charge is 2.18. The molecule has 1 fully saturated rings. The van der Waals surface area contributed by atoms with E-state index in [1.807, 2.05) is 36.4 Å². The monoisotopic (exact) mass is 329 g/mol. The maximum absolute atomic E-state index is 12.2. The summed E-state index contributed by atoms with van der Waals surface area (Å²) in [6.07, 6.45) is 3.47. The summed E-state index contributed by atoms with van der Waals surface area (Å²) in [7, 11) is 0. The number of benzene rings is 1. The predicted octanol–water partition coefficient (Wildman–Crippen LogP) is 1.18. The lowest BCUT2D eigenvalue weighted by molar-refractivity contribution is -0.117. The third-order valence-corrected chi connectivity index (χ3v) is 3.81. The van der Waals surface area contributed by atoms with Crippen molar-refractivity contribution < 1.29 is 14.6 Å². The molecule has 1 aromatic carbocycles. The van der Waals surface area contributed by atoms with Crippen LogP contribution in [0.15, 0.2) is 42.1 Å². The molecule has 1 aliphatic rings. The van der Waals surface area contributed by atoms with Gasteiger partial charge in [-0.3, -0.25) is 4.79 Å². The fourth-order valence-electron chi connectivity index (χ4n) is 2.56. The number of nitriles is 1. The fourth-order valence-corrected chi connectivity index (χ4v) is 2.56. The van der Waals surface area contributed by atoms with Gasteiger partial charge in [-0.05, 0) is 18.4 Å². The molecule has 0 aromatic heterocycles. The Kier molecular flexibility index (Phi) is 7.27. The van der Waals surface area contributed by atoms with Crippen LogP contribution in [0.1, 0.15) is 18.4 Å². The predicted molar refractivity (Wildman–Crippen MR) is 89.6 cm³/mol. The van der Waals surface area contributed by atoms with Crippen molar-refractivity contribution in [1.82, 2.24) is 10.2 Å². The van der Waals surface area contributed by atoms with Crippen molar-refractivity contribution in [2.75, 3.05) is 26.3 Å². The summed E-state index contributed by atoms with van der Waals surface area (Å²) in [5.74, 6) is -0.413. The van der Waals surface area contributed by atoms with E-state index in [1.54, 1.807) is 4.90 Å². The molecule has 2 rings (SSSR count). The Bertz CT molecular complexity index is 589. The Morgan fingerprint density at radius 1 is 1.46 bits per heavy atom. The number of amides is 1. The van der Waals surface area contributed by atoms with Crippen LogP contribution in [0.4, 0.5) is 0 Å². The lowest BCUT2D eigenvalue weighted by atomic mass is 10.2. The van der Waals surface area contributed by atoms with Crippen LogP contribution in [0.2, 0.25) is 0 Å². The summed E-state index contributed by atoms with van der Waals surface area (Å²) in [5, 5.41) is 21.2. The van der Waals surface area contributed by atoms with Crippen LogP contribution in [-0.4, -0.2) is 48.3 Å². The molecule has 1 amide bonds. The molecule has 1 unspecified atom stereocenters. The minimum Gasteiger partial charge on any atom is -0.395 e. The lowest BCUT2D eigenvalue weighted by Gasteiger charge is -2.20. The van der Waals surface area contributed by atoms with Crippen LogP contribution in [0, 0.1) is 11.3 Å². The Hall–Kier alpha value is -2.36. The van der Waals surface area contributed by atoms with E-state index < -0.39 is 5.91 Å². The number of ether oxygens (including phenoxy) is 1. The summed E-state index contributed by atoms with van der Waals surface area (Å²) in [5.41, 5.74) is 1.07. The topological polar surface area (TPSA) is 85.6 Å². The third kappa shape index (κ3) is 5.69. The summed E-state index contributed by atoms with van der Waals surface area (Å²) in [4.78, 5) is 13.9. The number of carbonyl (C=O) groups excluding carboxylic acids is 1. The molecule has 1 atom stereocenters. The molecular formula is C18H23N3O3. The zero-order valence-corrected chi connectivity index (χ0v) is 13.6. The minimum absolute atomic E-state index is 0.0254. The zero-order valence-electron chi connectivity index (χ0n) is 13.6. The van der Waals surface area contributed by atoms with Gasteiger partial charge in [0.05, 0.1) is 12.7 Å². The first-order chi connectivity index (χ1) is 11.7. The molecule has 6 nitrogen and oxygen atoms in total. The molecule has 2 N–H and O–H groups in total. The normalized spacial score (nSPS) is 17.3. The van der Waals surface area contributed by atoms with Crippen molar-refractivity contribution in [2.45, 2.75) is 25.5 Å². The largest absolute Gasteiger partial charge is 0.395 e. The van der Waals surface area contributed by atoms with E-state index in [1.165, 1.54) is 6.20 Å². The van der Waals surface area contributed by atoms with Crippen molar-refractivity contribution in [2.24, 2.45) is 0 Å². The van der Waals surface area contributed by atoms with Gasteiger partial charge in [0.25, 0.3) is 5.91 Å². The van der Waals surface area contributed by atoms with Crippen LogP contribution in [0.3, 0.4) is 0 Å². The van der Waals surface area contributed by atoms with Crippen molar-refractivity contribution >= 4 is 5.91 Å². The highest BCUT2D eigenvalue weighted by Crippen LogP contribution is 2.11. The Labute approximate surface area is 142 Å². The molecule has 1 aromatic rings. The number of carbonyl (C=O) groups is 1. The maximum atomic E-state index is 12.2. The number of hydrogen-bond acceptors (Lipinski definition) is 5. The van der Waals surface area contributed by atoms with E-state index in [0.717, 1.165) is 25.0 Å². The van der Waals surface area contributed by atoms with Gasteiger partial charge in [-0.25, -0.2) is 0 Å². The fraction of sp³-hybridized carbons (Fsp3) is 0.444. The second kappa shape index (κ2) is 9.71. The molecule has 128 valence electrons. The average Bonchev–Trinajstić information content (AvgIpc) is 3.12. The highest BCUT2D eigenvalue weighted by atomic mass is 16.5. The summed E-state index contributed by atoms with van der Waals surface area (Å²) < 4.78 is 5.45. The van der Waals surface area contributed by atoms with Crippen LogP contribution in [0.5, 0.6) is 0 Å². The minimum atomic E-state index is -0.413. The van der Waals surface area contributed by atoms with Crippen molar-refractivity contribution in [1.29, 1.82) is 5.26 Å². The molecule has 1 saturated heterocycles. The van der Waals surface area contributed by atoms with E-state index in [4.69, 9.17) is 4.74 Å². The number of nitrogens with one attached hydrogen (secondary N) is 1. The number of aliphatic hydroxyl groups excluding tert-OH is 1. The number of nitrogens with zero attached hydrogens (tertiary/aromatic N) is 2. The number of aliphatic hydroxyl groups is 1. The van der Waals surface area contributed by atoms with Crippen LogP contribution >= 0.6 is 0 Å². The van der Waals surface area contributed by atoms with Gasteiger partial charge in [0, 0.05) is 32.4 Å². The van der Waals surface area contributed by atoms with E-state index >= 15 is 0 Å². The molecule has 0 radical (unpaired) electrons. The Morgan fingerprint density at radius 3 is 2.88 bits per heavy atom. The van der Waals surface area contributed by atoms with Crippen molar-refractivity contribution in [3.8, 4) is 6.07 Å². The van der Waals surface area contributed by atoms with Crippen LogP contribution < -0.4 is 5.32 Å². The highest BCUT2D eigenvalue weighted by molar-refractivity contribution is 5.97. The van der Waals surface area contributed by atoms with Gasteiger partial charge in [-0.2, -0.15) is 5.26 Å². The molecule has 1 heterocycles. The second-order valence-corrected chi connectivity index (χ2v) is 5.68. The lowest BCUT2D eigenvalue weighted by Crippen LogP contribution is -2.33.